The lowest BCUT2D eigenvalue weighted by Gasteiger charge is -2.26. The van der Waals surface area contributed by atoms with E-state index < -0.39 is 0 Å². The fraction of sp³-hybridized carbons (Fsp3) is 0.389. The average Bonchev–Trinajstić information content (AvgIpc) is 2.63. The van der Waals surface area contributed by atoms with Crippen LogP contribution in [0.5, 0.6) is 0 Å². The summed E-state index contributed by atoms with van der Waals surface area (Å²) in [5.41, 5.74) is 2.28. The summed E-state index contributed by atoms with van der Waals surface area (Å²) in [5.74, 6) is 0.311. The first-order chi connectivity index (χ1) is 12.2. The molecule has 132 valence electrons. The standard InChI is InChI=1S/C18H23N5O2/c1-14-3-2-4-16(11-14)22-17(24)15-12-20-18(21-13-15)19-5-6-23-7-9-25-10-8-23/h2-4,11-13H,5-10H2,1H3,(H,22,24)(H,19,20,21). The Balaban J connectivity index is 1.48. The molecule has 3 rings (SSSR count). The molecule has 0 bridgehead atoms. The fourth-order valence-electron chi connectivity index (χ4n) is 2.61. The molecule has 0 atom stereocenters. The van der Waals surface area contributed by atoms with Gasteiger partial charge in [0.15, 0.2) is 0 Å². The monoisotopic (exact) mass is 341 g/mol. The van der Waals surface area contributed by atoms with E-state index in [0.29, 0.717) is 11.5 Å². The van der Waals surface area contributed by atoms with Crippen LogP contribution in [0.1, 0.15) is 15.9 Å². The maximum absolute atomic E-state index is 12.2. The van der Waals surface area contributed by atoms with Gasteiger partial charge in [-0.15, -0.1) is 0 Å². The Morgan fingerprint density at radius 1 is 1.24 bits per heavy atom. The predicted molar refractivity (Wildman–Crippen MR) is 96.9 cm³/mol. The number of carbonyl (C=O) groups excluding carboxylic acids is 1. The van der Waals surface area contributed by atoms with Gasteiger partial charge in [0.05, 0.1) is 18.8 Å². The summed E-state index contributed by atoms with van der Waals surface area (Å²) in [7, 11) is 0. The second-order valence-corrected chi connectivity index (χ2v) is 6.00. The van der Waals surface area contributed by atoms with Gasteiger partial charge in [0.1, 0.15) is 0 Å². The van der Waals surface area contributed by atoms with Gasteiger partial charge in [-0.3, -0.25) is 9.69 Å². The largest absolute Gasteiger partial charge is 0.379 e. The van der Waals surface area contributed by atoms with Gasteiger partial charge >= 0.3 is 0 Å². The normalized spacial score (nSPS) is 14.9. The topological polar surface area (TPSA) is 79.4 Å². The SMILES string of the molecule is Cc1cccc(NC(=O)c2cnc(NCCN3CCOCC3)nc2)c1. The molecule has 7 heteroatoms. The molecule has 25 heavy (non-hydrogen) atoms. The minimum absolute atomic E-state index is 0.217. The van der Waals surface area contributed by atoms with Gasteiger partial charge in [0.25, 0.3) is 5.91 Å². The van der Waals surface area contributed by atoms with Crippen LogP contribution in [0.15, 0.2) is 36.7 Å². The fourth-order valence-corrected chi connectivity index (χ4v) is 2.61. The van der Waals surface area contributed by atoms with E-state index in [4.69, 9.17) is 4.74 Å². The van der Waals surface area contributed by atoms with Gasteiger partial charge in [0.2, 0.25) is 5.95 Å². The number of benzene rings is 1. The highest BCUT2D eigenvalue weighted by Crippen LogP contribution is 2.11. The number of aromatic nitrogens is 2. The van der Waals surface area contributed by atoms with Crippen LogP contribution in [0.3, 0.4) is 0 Å². The molecular formula is C18H23N5O2. The molecule has 0 spiro atoms. The number of amides is 1. The van der Waals surface area contributed by atoms with Crippen molar-refractivity contribution in [1.29, 1.82) is 0 Å². The molecule has 1 amide bonds. The first kappa shape index (κ1) is 17.3. The lowest BCUT2D eigenvalue weighted by Crippen LogP contribution is -2.39. The van der Waals surface area contributed by atoms with Crippen molar-refractivity contribution in [1.82, 2.24) is 14.9 Å². The third-order valence-electron chi connectivity index (χ3n) is 4.00. The van der Waals surface area contributed by atoms with Crippen molar-refractivity contribution in [3.05, 3.63) is 47.8 Å². The van der Waals surface area contributed by atoms with E-state index in [9.17, 15) is 4.79 Å². The van der Waals surface area contributed by atoms with E-state index in [1.165, 1.54) is 12.4 Å². The van der Waals surface area contributed by atoms with Crippen molar-refractivity contribution in [2.24, 2.45) is 0 Å². The van der Waals surface area contributed by atoms with Crippen molar-refractivity contribution < 1.29 is 9.53 Å². The first-order valence-corrected chi connectivity index (χ1v) is 8.45. The molecule has 2 aromatic rings. The van der Waals surface area contributed by atoms with Crippen LogP contribution in [-0.2, 0) is 4.74 Å². The Kier molecular flexibility index (Phi) is 5.92. The number of nitrogens with one attached hydrogen (secondary N) is 2. The van der Waals surface area contributed by atoms with E-state index >= 15 is 0 Å². The molecule has 0 saturated carbocycles. The third-order valence-corrected chi connectivity index (χ3v) is 4.00. The van der Waals surface area contributed by atoms with Gasteiger partial charge in [-0.25, -0.2) is 9.97 Å². The zero-order chi connectivity index (χ0) is 17.5. The highest BCUT2D eigenvalue weighted by molar-refractivity contribution is 6.03. The summed E-state index contributed by atoms with van der Waals surface area (Å²) < 4.78 is 5.32. The molecule has 2 N–H and O–H groups in total. The van der Waals surface area contributed by atoms with Gasteiger partial charge in [-0.1, -0.05) is 12.1 Å². The first-order valence-electron chi connectivity index (χ1n) is 8.45. The van der Waals surface area contributed by atoms with Crippen molar-refractivity contribution in [3.8, 4) is 0 Å². The van der Waals surface area contributed by atoms with Crippen LogP contribution in [0, 0.1) is 6.92 Å². The Morgan fingerprint density at radius 2 is 2.00 bits per heavy atom. The number of rotatable bonds is 6. The molecule has 1 saturated heterocycles. The van der Waals surface area contributed by atoms with Gasteiger partial charge in [0, 0.05) is 44.3 Å². The molecule has 1 aromatic carbocycles. The van der Waals surface area contributed by atoms with E-state index in [-0.39, 0.29) is 5.91 Å². The van der Waals surface area contributed by atoms with Crippen LogP contribution in [-0.4, -0.2) is 60.2 Å². The van der Waals surface area contributed by atoms with Crippen LogP contribution >= 0.6 is 0 Å². The van der Waals surface area contributed by atoms with Crippen molar-refractivity contribution in [2.45, 2.75) is 6.92 Å². The molecular weight excluding hydrogens is 318 g/mol. The summed E-state index contributed by atoms with van der Waals surface area (Å²) in [6.07, 6.45) is 3.07. The number of anilines is 2. The lowest BCUT2D eigenvalue weighted by molar-refractivity contribution is 0.0398. The predicted octanol–water partition coefficient (Wildman–Crippen LogP) is 1.78. The quantitative estimate of drug-likeness (QED) is 0.834. The second-order valence-electron chi connectivity index (χ2n) is 6.00. The molecule has 0 radical (unpaired) electrons. The minimum Gasteiger partial charge on any atom is -0.379 e. The number of carbonyl (C=O) groups is 1. The Bertz CT molecular complexity index is 699. The Labute approximate surface area is 147 Å². The van der Waals surface area contributed by atoms with E-state index in [1.54, 1.807) is 0 Å². The summed E-state index contributed by atoms with van der Waals surface area (Å²) in [5, 5.41) is 6.03. The van der Waals surface area contributed by atoms with Crippen LogP contribution in [0.25, 0.3) is 0 Å². The van der Waals surface area contributed by atoms with Crippen molar-refractivity contribution >= 4 is 17.5 Å². The number of nitrogens with zero attached hydrogens (tertiary/aromatic N) is 3. The molecule has 1 aromatic heterocycles. The summed E-state index contributed by atoms with van der Waals surface area (Å²) in [6, 6.07) is 7.66. The second kappa shape index (κ2) is 8.55. The average molecular weight is 341 g/mol. The number of hydrogen-bond donors (Lipinski definition) is 2. The molecule has 1 fully saturated rings. The molecule has 7 nitrogen and oxygen atoms in total. The molecule has 2 heterocycles. The number of hydrogen-bond acceptors (Lipinski definition) is 6. The maximum Gasteiger partial charge on any atom is 0.258 e. The van der Waals surface area contributed by atoms with Crippen LogP contribution in [0.4, 0.5) is 11.6 Å². The molecule has 0 aliphatic carbocycles. The summed E-state index contributed by atoms with van der Waals surface area (Å²) >= 11 is 0. The maximum atomic E-state index is 12.2. The molecule has 1 aliphatic heterocycles. The summed E-state index contributed by atoms with van der Waals surface area (Å²) in [6.45, 7) is 7.16. The molecule has 0 unspecified atom stereocenters. The van der Waals surface area contributed by atoms with Crippen LogP contribution in [0.2, 0.25) is 0 Å². The summed E-state index contributed by atoms with van der Waals surface area (Å²) in [4.78, 5) is 23.0. The lowest BCUT2D eigenvalue weighted by atomic mass is 10.2. The highest BCUT2D eigenvalue weighted by atomic mass is 16.5. The van der Waals surface area contributed by atoms with Crippen molar-refractivity contribution in [2.75, 3.05) is 50.0 Å². The Hall–Kier alpha value is -2.51. The third kappa shape index (κ3) is 5.23. The number of aryl methyl sites for hydroxylation is 1. The van der Waals surface area contributed by atoms with Gasteiger partial charge < -0.3 is 15.4 Å². The zero-order valence-electron chi connectivity index (χ0n) is 14.4. The molecule has 1 aliphatic rings. The Morgan fingerprint density at radius 3 is 2.72 bits per heavy atom. The highest BCUT2D eigenvalue weighted by Gasteiger charge is 2.10. The van der Waals surface area contributed by atoms with Gasteiger partial charge in [-0.05, 0) is 24.6 Å². The smallest absolute Gasteiger partial charge is 0.258 e. The minimum atomic E-state index is -0.217. The number of ether oxygens (including phenoxy) is 1. The number of morpholine rings is 1. The van der Waals surface area contributed by atoms with E-state index in [0.717, 1.165) is 50.6 Å². The zero-order valence-corrected chi connectivity index (χ0v) is 14.4. The van der Waals surface area contributed by atoms with Gasteiger partial charge in [-0.2, -0.15) is 0 Å². The van der Waals surface area contributed by atoms with Crippen molar-refractivity contribution in [3.63, 3.8) is 0 Å². The van der Waals surface area contributed by atoms with E-state index in [2.05, 4.69) is 25.5 Å². The van der Waals surface area contributed by atoms with E-state index in [1.807, 2.05) is 31.2 Å². The van der Waals surface area contributed by atoms with Crippen LogP contribution < -0.4 is 10.6 Å².